The lowest BCUT2D eigenvalue weighted by Gasteiger charge is -2.17. The van der Waals surface area contributed by atoms with E-state index in [9.17, 15) is 4.79 Å². The summed E-state index contributed by atoms with van der Waals surface area (Å²) in [6.45, 7) is 2.69. The van der Waals surface area contributed by atoms with E-state index >= 15 is 0 Å². The van der Waals surface area contributed by atoms with Crippen molar-refractivity contribution in [2.45, 2.75) is 6.42 Å². The number of hydrogen-bond donors (Lipinski definition) is 1. The summed E-state index contributed by atoms with van der Waals surface area (Å²) in [4.78, 5) is 14.3. The number of benzene rings is 1. The Labute approximate surface area is 124 Å². The Hall–Kier alpha value is -0.390. The molecule has 1 aliphatic heterocycles. The van der Waals surface area contributed by atoms with Gasteiger partial charge in [0.15, 0.2) is 0 Å². The molecule has 0 spiro atoms. The van der Waals surface area contributed by atoms with Crippen LogP contribution in [0.3, 0.4) is 0 Å². The van der Waals surface area contributed by atoms with Crippen LogP contribution in [0.2, 0.25) is 0 Å². The molecule has 1 saturated heterocycles. The van der Waals surface area contributed by atoms with Crippen LogP contribution in [-0.2, 0) is 0 Å². The smallest absolute Gasteiger partial charge is 0.253 e. The predicted molar refractivity (Wildman–Crippen MR) is 79.8 cm³/mol. The second-order valence-electron chi connectivity index (χ2n) is 4.62. The normalized spacial score (nSPS) is 19.3. The van der Waals surface area contributed by atoms with E-state index < -0.39 is 0 Å². The molecule has 0 aliphatic carbocycles. The molecular weight excluding hydrogens is 360 g/mol. The minimum absolute atomic E-state index is 0.121. The van der Waals surface area contributed by atoms with E-state index in [1.54, 1.807) is 0 Å². The topological polar surface area (TPSA) is 32.3 Å². The van der Waals surface area contributed by atoms with E-state index in [2.05, 4.69) is 37.2 Å². The van der Waals surface area contributed by atoms with Gasteiger partial charge in [-0.3, -0.25) is 4.79 Å². The molecule has 18 heavy (non-hydrogen) atoms. The maximum Gasteiger partial charge on any atom is 0.253 e. The van der Waals surface area contributed by atoms with Crippen molar-refractivity contribution in [3.63, 3.8) is 0 Å². The van der Waals surface area contributed by atoms with E-state index in [0.717, 1.165) is 40.6 Å². The second-order valence-corrected chi connectivity index (χ2v) is 6.45. The number of likely N-dealkylation sites (tertiary alicyclic amines) is 1. The van der Waals surface area contributed by atoms with E-state index in [-0.39, 0.29) is 5.91 Å². The highest BCUT2D eigenvalue weighted by atomic mass is 79.9. The Morgan fingerprint density at radius 3 is 2.67 bits per heavy atom. The fraction of sp³-hybridized carbons (Fsp3) is 0.462. The van der Waals surface area contributed by atoms with E-state index in [4.69, 9.17) is 0 Å². The summed E-state index contributed by atoms with van der Waals surface area (Å²) in [6.07, 6.45) is 1.09. The molecule has 1 unspecified atom stereocenters. The summed E-state index contributed by atoms with van der Waals surface area (Å²) < 4.78 is 1.84. The van der Waals surface area contributed by atoms with Crippen LogP contribution in [0.15, 0.2) is 27.1 Å². The fourth-order valence-electron chi connectivity index (χ4n) is 2.33. The van der Waals surface area contributed by atoms with Gasteiger partial charge in [0.25, 0.3) is 5.91 Å². The lowest BCUT2D eigenvalue weighted by molar-refractivity contribution is 0.0787. The predicted octanol–water partition coefficient (Wildman–Crippen LogP) is 2.89. The highest BCUT2D eigenvalue weighted by Gasteiger charge is 2.26. The van der Waals surface area contributed by atoms with Crippen molar-refractivity contribution < 1.29 is 4.79 Å². The van der Waals surface area contributed by atoms with Gasteiger partial charge in [0, 0.05) is 27.6 Å². The van der Waals surface area contributed by atoms with Gasteiger partial charge in [-0.05, 0) is 44.1 Å². The molecule has 1 fully saturated rings. The standard InChI is InChI=1S/C13H16Br2N2O/c1-16-7-9-2-3-17(8-9)13(18)10-4-11(14)6-12(15)5-10/h4-6,9,16H,2-3,7-8H2,1H3. The summed E-state index contributed by atoms with van der Waals surface area (Å²) in [5, 5.41) is 3.17. The number of nitrogens with one attached hydrogen (secondary N) is 1. The van der Waals surface area contributed by atoms with E-state index in [0.29, 0.717) is 5.92 Å². The molecule has 0 saturated carbocycles. The lowest BCUT2D eigenvalue weighted by atomic mass is 10.1. The average molecular weight is 376 g/mol. The third kappa shape index (κ3) is 3.33. The monoisotopic (exact) mass is 374 g/mol. The van der Waals surface area contributed by atoms with Gasteiger partial charge in [-0.15, -0.1) is 0 Å². The summed E-state index contributed by atoms with van der Waals surface area (Å²) in [6, 6.07) is 5.68. The van der Waals surface area contributed by atoms with Gasteiger partial charge in [0.2, 0.25) is 0 Å². The second kappa shape index (κ2) is 6.17. The molecule has 5 heteroatoms. The largest absolute Gasteiger partial charge is 0.338 e. The van der Waals surface area contributed by atoms with Crippen molar-refractivity contribution in [2.24, 2.45) is 5.92 Å². The van der Waals surface area contributed by atoms with Crippen LogP contribution in [0, 0.1) is 5.92 Å². The Kier molecular flexibility index (Phi) is 4.81. The Morgan fingerprint density at radius 2 is 2.06 bits per heavy atom. The summed E-state index contributed by atoms with van der Waals surface area (Å²) in [5.41, 5.74) is 0.737. The van der Waals surface area contributed by atoms with Gasteiger partial charge in [-0.2, -0.15) is 0 Å². The fourth-order valence-corrected chi connectivity index (χ4v) is 3.63. The molecule has 2 rings (SSSR count). The molecular formula is C13H16Br2N2O. The number of carbonyl (C=O) groups excluding carboxylic acids is 1. The summed E-state index contributed by atoms with van der Waals surface area (Å²) >= 11 is 6.83. The average Bonchev–Trinajstić information content (AvgIpc) is 2.76. The van der Waals surface area contributed by atoms with Crippen molar-refractivity contribution in [1.82, 2.24) is 10.2 Å². The maximum absolute atomic E-state index is 12.4. The third-order valence-electron chi connectivity index (χ3n) is 3.18. The molecule has 1 heterocycles. The first kappa shape index (κ1) is 14.0. The molecule has 1 aromatic rings. The summed E-state index contributed by atoms with van der Waals surface area (Å²) in [7, 11) is 1.95. The Morgan fingerprint density at radius 1 is 1.39 bits per heavy atom. The molecule has 1 N–H and O–H groups in total. The van der Waals surface area contributed by atoms with Crippen LogP contribution >= 0.6 is 31.9 Å². The Bertz CT molecular complexity index is 430. The molecule has 1 atom stereocenters. The van der Waals surface area contributed by atoms with Crippen LogP contribution in [-0.4, -0.2) is 37.5 Å². The van der Waals surface area contributed by atoms with Crippen LogP contribution in [0.1, 0.15) is 16.8 Å². The van der Waals surface area contributed by atoms with Gasteiger partial charge in [-0.25, -0.2) is 0 Å². The first-order chi connectivity index (χ1) is 8.60. The van der Waals surface area contributed by atoms with Crippen LogP contribution in [0.5, 0.6) is 0 Å². The van der Waals surface area contributed by atoms with Gasteiger partial charge in [0.1, 0.15) is 0 Å². The minimum Gasteiger partial charge on any atom is -0.338 e. The Balaban J connectivity index is 2.08. The molecule has 0 aromatic heterocycles. The highest BCUT2D eigenvalue weighted by Crippen LogP contribution is 2.23. The molecule has 1 aliphatic rings. The van der Waals surface area contributed by atoms with E-state index in [1.807, 2.05) is 30.1 Å². The number of amides is 1. The zero-order valence-electron chi connectivity index (χ0n) is 10.2. The lowest BCUT2D eigenvalue weighted by Crippen LogP contribution is -2.30. The van der Waals surface area contributed by atoms with Crippen LogP contribution < -0.4 is 5.32 Å². The third-order valence-corrected chi connectivity index (χ3v) is 4.09. The van der Waals surface area contributed by atoms with Crippen LogP contribution in [0.25, 0.3) is 0 Å². The quantitative estimate of drug-likeness (QED) is 0.880. The van der Waals surface area contributed by atoms with Crippen molar-refractivity contribution >= 4 is 37.8 Å². The number of rotatable bonds is 3. The highest BCUT2D eigenvalue weighted by molar-refractivity contribution is 9.11. The number of halogens is 2. The number of hydrogen-bond acceptors (Lipinski definition) is 2. The molecule has 98 valence electrons. The van der Waals surface area contributed by atoms with Crippen molar-refractivity contribution in [1.29, 1.82) is 0 Å². The molecule has 0 bridgehead atoms. The SMILES string of the molecule is CNCC1CCN(C(=O)c2cc(Br)cc(Br)c2)C1. The zero-order valence-corrected chi connectivity index (χ0v) is 13.4. The van der Waals surface area contributed by atoms with Gasteiger partial charge >= 0.3 is 0 Å². The van der Waals surface area contributed by atoms with Gasteiger partial charge < -0.3 is 10.2 Å². The first-order valence-corrected chi connectivity index (χ1v) is 7.58. The summed E-state index contributed by atoms with van der Waals surface area (Å²) in [5.74, 6) is 0.699. The molecule has 0 radical (unpaired) electrons. The minimum atomic E-state index is 0.121. The van der Waals surface area contributed by atoms with Crippen LogP contribution in [0.4, 0.5) is 0 Å². The molecule has 1 aromatic carbocycles. The van der Waals surface area contributed by atoms with Gasteiger partial charge in [0.05, 0.1) is 0 Å². The number of nitrogens with zero attached hydrogens (tertiary/aromatic N) is 1. The van der Waals surface area contributed by atoms with E-state index in [1.165, 1.54) is 0 Å². The molecule has 1 amide bonds. The van der Waals surface area contributed by atoms with Crippen molar-refractivity contribution in [2.75, 3.05) is 26.7 Å². The van der Waals surface area contributed by atoms with Crippen molar-refractivity contribution in [3.05, 3.63) is 32.7 Å². The van der Waals surface area contributed by atoms with Gasteiger partial charge in [-0.1, -0.05) is 31.9 Å². The zero-order chi connectivity index (χ0) is 13.1. The van der Waals surface area contributed by atoms with Crippen molar-refractivity contribution in [3.8, 4) is 0 Å². The molecule has 3 nitrogen and oxygen atoms in total. The maximum atomic E-state index is 12.4. The first-order valence-electron chi connectivity index (χ1n) is 6.00. The number of carbonyl (C=O) groups is 1.